The maximum absolute atomic E-state index is 13.9. The molecule has 1 atom stereocenters. The molecule has 202 valence electrons. The van der Waals surface area contributed by atoms with Gasteiger partial charge in [-0.2, -0.15) is 0 Å². The number of hydrogen-bond acceptors (Lipinski definition) is 4. The van der Waals surface area contributed by atoms with Crippen LogP contribution in [0, 0.1) is 0 Å². The third-order valence-corrected chi connectivity index (χ3v) is 7.95. The van der Waals surface area contributed by atoms with Crippen molar-refractivity contribution in [3.63, 3.8) is 0 Å². The Morgan fingerprint density at radius 1 is 0.974 bits per heavy atom. The average molecular weight is 556 g/mol. The molecule has 1 heterocycles. The van der Waals surface area contributed by atoms with Crippen LogP contribution in [0.2, 0.25) is 10.0 Å². The fourth-order valence-electron chi connectivity index (χ4n) is 5.01. The molecule has 0 aliphatic carbocycles. The second-order valence-corrected chi connectivity index (χ2v) is 11.2. The molecule has 0 saturated carbocycles. The molecule has 1 aliphatic rings. The highest BCUT2D eigenvalue weighted by Crippen LogP contribution is 2.34. The molecular formula is C31H36Cl2N2O3. The van der Waals surface area contributed by atoms with Gasteiger partial charge in [-0.1, -0.05) is 71.7 Å². The lowest BCUT2D eigenvalue weighted by Gasteiger charge is -2.39. The van der Waals surface area contributed by atoms with Crippen LogP contribution >= 0.6 is 23.2 Å². The first-order valence-electron chi connectivity index (χ1n) is 13.1. The number of nitrogens with zero attached hydrogens (tertiary/aromatic N) is 2. The van der Waals surface area contributed by atoms with E-state index in [0.29, 0.717) is 29.4 Å². The summed E-state index contributed by atoms with van der Waals surface area (Å²) in [7, 11) is 1.84. The molecule has 1 aliphatic heterocycles. The van der Waals surface area contributed by atoms with Gasteiger partial charge < -0.3 is 19.6 Å². The largest absolute Gasteiger partial charge is 0.491 e. The van der Waals surface area contributed by atoms with Crippen LogP contribution in [-0.2, 0) is 10.4 Å². The van der Waals surface area contributed by atoms with Crippen molar-refractivity contribution in [2.75, 3.05) is 33.2 Å². The predicted octanol–water partition coefficient (Wildman–Crippen LogP) is 6.35. The number of likely N-dealkylation sites (tertiary alicyclic amines) is 1. The first-order chi connectivity index (χ1) is 18.2. The first-order valence-corrected chi connectivity index (χ1v) is 13.9. The Morgan fingerprint density at radius 2 is 1.66 bits per heavy atom. The van der Waals surface area contributed by atoms with Crippen LogP contribution in [0.3, 0.4) is 0 Å². The van der Waals surface area contributed by atoms with Gasteiger partial charge in [0, 0.05) is 33.2 Å². The van der Waals surface area contributed by atoms with Crippen LogP contribution in [-0.4, -0.2) is 60.1 Å². The predicted molar refractivity (Wildman–Crippen MR) is 154 cm³/mol. The number of carbonyl (C=O) groups is 1. The number of ether oxygens (including phenoxy) is 1. The highest BCUT2D eigenvalue weighted by atomic mass is 35.5. The molecule has 4 rings (SSSR count). The van der Waals surface area contributed by atoms with Crippen molar-refractivity contribution < 1.29 is 14.6 Å². The van der Waals surface area contributed by atoms with Crippen LogP contribution in [0.25, 0.3) is 0 Å². The Hall–Kier alpha value is -2.57. The fraction of sp³-hybridized carbons (Fsp3) is 0.387. The second kappa shape index (κ2) is 12.5. The normalized spacial score (nSPS) is 16.3. The lowest BCUT2D eigenvalue weighted by molar-refractivity contribution is -0.131. The van der Waals surface area contributed by atoms with Crippen LogP contribution in [0.5, 0.6) is 5.75 Å². The van der Waals surface area contributed by atoms with Crippen molar-refractivity contribution in [3.8, 4) is 5.75 Å². The smallest absolute Gasteiger partial charge is 0.234 e. The Labute approximate surface area is 235 Å². The van der Waals surface area contributed by atoms with Crippen LogP contribution in [0.15, 0.2) is 72.8 Å². The van der Waals surface area contributed by atoms with E-state index in [1.54, 1.807) is 17.0 Å². The summed E-state index contributed by atoms with van der Waals surface area (Å²) in [5, 5.41) is 12.0. The minimum absolute atomic E-state index is 0.0242. The van der Waals surface area contributed by atoms with E-state index >= 15 is 0 Å². The summed E-state index contributed by atoms with van der Waals surface area (Å²) in [6.07, 6.45) is 1.36. The molecule has 1 fully saturated rings. The van der Waals surface area contributed by atoms with Crippen molar-refractivity contribution in [1.82, 2.24) is 9.80 Å². The molecule has 0 spiro atoms. The highest BCUT2D eigenvalue weighted by Gasteiger charge is 2.34. The van der Waals surface area contributed by atoms with Gasteiger partial charge in [0.15, 0.2) is 0 Å². The maximum atomic E-state index is 13.9. The van der Waals surface area contributed by atoms with E-state index in [2.05, 4.69) is 4.90 Å². The molecule has 7 heteroatoms. The van der Waals surface area contributed by atoms with Crippen molar-refractivity contribution in [3.05, 3.63) is 99.5 Å². The first kappa shape index (κ1) is 28.4. The zero-order valence-electron chi connectivity index (χ0n) is 22.2. The van der Waals surface area contributed by atoms with E-state index in [4.69, 9.17) is 27.9 Å². The third-order valence-electron chi connectivity index (χ3n) is 7.21. The van der Waals surface area contributed by atoms with Gasteiger partial charge in [-0.25, -0.2) is 0 Å². The van der Waals surface area contributed by atoms with Gasteiger partial charge in [-0.3, -0.25) is 4.79 Å². The summed E-state index contributed by atoms with van der Waals surface area (Å²) < 4.78 is 5.90. The van der Waals surface area contributed by atoms with E-state index in [1.165, 1.54) is 0 Å². The Kier molecular flexibility index (Phi) is 9.37. The molecule has 0 aromatic heterocycles. The number of carbonyl (C=O) groups excluding carboxylic acids is 1. The molecule has 1 N–H and O–H groups in total. The standard InChI is InChI=1S/C31H36Cl2N2O3/c1-22(2)38-26-11-7-8-23(20-26)29(24-12-13-27(32)28(33)21-24)30(36)34(3)18-19-35-16-14-31(37,15-17-35)25-9-5-4-6-10-25/h4-13,20-22,29,37H,14-19H2,1-3H3. The van der Waals surface area contributed by atoms with Crippen molar-refractivity contribution in [1.29, 1.82) is 0 Å². The highest BCUT2D eigenvalue weighted by molar-refractivity contribution is 6.42. The molecular weight excluding hydrogens is 519 g/mol. The summed E-state index contributed by atoms with van der Waals surface area (Å²) in [4.78, 5) is 18.0. The minimum Gasteiger partial charge on any atom is -0.491 e. The van der Waals surface area contributed by atoms with E-state index < -0.39 is 11.5 Å². The number of benzene rings is 3. The monoisotopic (exact) mass is 554 g/mol. The molecule has 0 radical (unpaired) electrons. The minimum atomic E-state index is -0.790. The Morgan fingerprint density at radius 3 is 2.32 bits per heavy atom. The number of amides is 1. The van der Waals surface area contributed by atoms with Crippen molar-refractivity contribution in [2.24, 2.45) is 0 Å². The van der Waals surface area contributed by atoms with Crippen molar-refractivity contribution in [2.45, 2.75) is 44.3 Å². The number of hydrogen-bond donors (Lipinski definition) is 1. The van der Waals surface area contributed by atoms with Gasteiger partial charge in [-0.15, -0.1) is 0 Å². The van der Waals surface area contributed by atoms with Crippen LogP contribution in [0.4, 0.5) is 0 Å². The number of rotatable bonds is 9. The van der Waals surface area contributed by atoms with Gasteiger partial charge in [0.2, 0.25) is 5.91 Å². The van der Waals surface area contributed by atoms with Crippen LogP contribution in [0.1, 0.15) is 49.3 Å². The Bertz CT molecular complexity index is 1230. The molecule has 3 aromatic rings. The molecule has 0 bridgehead atoms. The SMILES string of the molecule is CC(C)Oc1cccc(C(C(=O)N(C)CCN2CCC(O)(c3ccccc3)CC2)c2ccc(Cl)c(Cl)c2)c1. The van der Waals surface area contributed by atoms with Crippen LogP contribution < -0.4 is 4.74 Å². The number of aliphatic hydroxyl groups is 1. The lowest BCUT2D eigenvalue weighted by atomic mass is 9.84. The van der Waals surface area contributed by atoms with E-state index in [1.807, 2.05) is 81.6 Å². The second-order valence-electron chi connectivity index (χ2n) is 10.3. The van der Waals surface area contributed by atoms with Gasteiger partial charge in [0.25, 0.3) is 0 Å². The third kappa shape index (κ3) is 6.89. The average Bonchev–Trinajstić information content (AvgIpc) is 2.90. The zero-order chi connectivity index (χ0) is 27.3. The topological polar surface area (TPSA) is 53.0 Å². The maximum Gasteiger partial charge on any atom is 0.234 e. The number of piperidine rings is 1. The van der Waals surface area contributed by atoms with Gasteiger partial charge in [-0.05, 0) is 67.6 Å². The summed E-state index contributed by atoms with van der Waals surface area (Å²) in [6, 6.07) is 22.9. The molecule has 5 nitrogen and oxygen atoms in total. The van der Waals surface area contributed by atoms with E-state index in [0.717, 1.165) is 42.1 Å². The summed E-state index contributed by atoms with van der Waals surface area (Å²) in [5.41, 5.74) is 1.80. The molecule has 3 aromatic carbocycles. The zero-order valence-corrected chi connectivity index (χ0v) is 23.8. The fourth-order valence-corrected chi connectivity index (χ4v) is 5.32. The molecule has 38 heavy (non-hydrogen) atoms. The van der Waals surface area contributed by atoms with Gasteiger partial charge in [0.05, 0.1) is 27.7 Å². The van der Waals surface area contributed by atoms with Gasteiger partial charge >= 0.3 is 0 Å². The van der Waals surface area contributed by atoms with E-state index in [-0.39, 0.29) is 12.0 Å². The summed E-state index contributed by atoms with van der Waals surface area (Å²) in [6.45, 7) is 6.81. The number of likely N-dealkylation sites (N-methyl/N-ethyl adjacent to an activating group) is 1. The number of halogens is 2. The van der Waals surface area contributed by atoms with Gasteiger partial charge in [0.1, 0.15) is 5.75 Å². The van der Waals surface area contributed by atoms with Crippen molar-refractivity contribution >= 4 is 29.1 Å². The van der Waals surface area contributed by atoms with E-state index in [9.17, 15) is 9.90 Å². The molecule has 1 amide bonds. The summed E-state index contributed by atoms with van der Waals surface area (Å²) in [5.74, 6) is 0.148. The lowest BCUT2D eigenvalue weighted by Crippen LogP contribution is -2.45. The quantitative estimate of drug-likeness (QED) is 0.334. The Balaban J connectivity index is 1.46. The summed E-state index contributed by atoms with van der Waals surface area (Å²) >= 11 is 12.5. The molecule has 1 saturated heterocycles. The molecule has 1 unspecified atom stereocenters.